The number of hydrogen-bond acceptors (Lipinski definition) is 5. The zero-order chi connectivity index (χ0) is 17.7. The number of benzene rings is 1. The van der Waals surface area contributed by atoms with Crippen molar-refractivity contribution in [2.45, 2.75) is 32.3 Å². The molecule has 134 valence electrons. The van der Waals surface area contributed by atoms with E-state index in [1.165, 1.54) is 0 Å². The number of amides is 1. The molecule has 24 heavy (non-hydrogen) atoms. The minimum absolute atomic E-state index is 0.000424. The summed E-state index contributed by atoms with van der Waals surface area (Å²) in [6, 6.07) is 5.70. The third kappa shape index (κ3) is 5.11. The molecule has 0 unspecified atom stereocenters. The molecular weight excluding hydrogens is 308 g/mol. The van der Waals surface area contributed by atoms with Crippen molar-refractivity contribution in [3.8, 4) is 11.5 Å². The van der Waals surface area contributed by atoms with Gasteiger partial charge in [-0.25, -0.2) is 0 Å². The van der Waals surface area contributed by atoms with E-state index in [4.69, 9.17) is 9.47 Å². The molecular formula is C18H28N2O4. The molecule has 0 aliphatic carbocycles. The number of ether oxygens (including phenoxy) is 2. The fraction of sp³-hybridized carbons (Fsp3) is 0.611. The lowest BCUT2D eigenvalue weighted by molar-refractivity contribution is -0.124. The third-order valence-electron chi connectivity index (χ3n) is 4.01. The quantitative estimate of drug-likeness (QED) is 0.816. The van der Waals surface area contributed by atoms with Crippen LogP contribution in [0.5, 0.6) is 11.5 Å². The standard InChI is InChI=1S/C18H28N2O4/c1-18(2,3)15-9-14(23-4)5-6-16(15)24-12-13(21)10-20-8-7-19-17(22)11-20/h5-6,9,13,21H,7-8,10-12H2,1-4H3,(H,19,22)/t13-/m1/s1. The first kappa shape index (κ1) is 18.5. The van der Waals surface area contributed by atoms with Crippen LogP contribution in [-0.2, 0) is 10.2 Å². The number of nitrogens with zero attached hydrogens (tertiary/aromatic N) is 1. The van der Waals surface area contributed by atoms with Crippen LogP contribution in [-0.4, -0.2) is 61.9 Å². The van der Waals surface area contributed by atoms with Gasteiger partial charge in [0.1, 0.15) is 24.2 Å². The van der Waals surface area contributed by atoms with Crippen LogP contribution in [0.15, 0.2) is 18.2 Å². The molecule has 1 aliphatic heterocycles. The van der Waals surface area contributed by atoms with Crippen molar-refractivity contribution in [2.75, 3.05) is 39.9 Å². The predicted octanol–water partition coefficient (Wildman–Crippen LogP) is 1.16. The van der Waals surface area contributed by atoms with Gasteiger partial charge in [0.25, 0.3) is 0 Å². The number of aliphatic hydroxyl groups excluding tert-OH is 1. The maximum atomic E-state index is 11.4. The van der Waals surface area contributed by atoms with E-state index in [2.05, 4.69) is 26.1 Å². The molecule has 1 amide bonds. The molecule has 1 atom stereocenters. The molecule has 0 radical (unpaired) electrons. The van der Waals surface area contributed by atoms with Crippen LogP contribution in [0.4, 0.5) is 0 Å². The Hall–Kier alpha value is -1.79. The predicted molar refractivity (Wildman–Crippen MR) is 92.6 cm³/mol. The number of β-amino-alcohol motifs (C(OH)–C–C–N with tert-alkyl or cyclic N) is 1. The molecule has 6 nitrogen and oxygen atoms in total. The van der Waals surface area contributed by atoms with Gasteiger partial charge < -0.3 is 19.9 Å². The minimum atomic E-state index is -0.647. The highest BCUT2D eigenvalue weighted by Gasteiger charge is 2.22. The molecule has 1 aromatic rings. The molecule has 0 spiro atoms. The lowest BCUT2D eigenvalue weighted by atomic mass is 9.86. The van der Waals surface area contributed by atoms with E-state index in [9.17, 15) is 9.90 Å². The Morgan fingerprint density at radius 1 is 1.38 bits per heavy atom. The second-order valence-electron chi connectivity index (χ2n) is 7.16. The second kappa shape index (κ2) is 7.85. The summed E-state index contributed by atoms with van der Waals surface area (Å²) < 4.78 is 11.2. The average molecular weight is 336 g/mol. The maximum Gasteiger partial charge on any atom is 0.234 e. The van der Waals surface area contributed by atoms with Crippen LogP contribution in [0.3, 0.4) is 0 Å². The monoisotopic (exact) mass is 336 g/mol. The van der Waals surface area contributed by atoms with Crippen molar-refractivity contribution in [3.63, 3.8) is 0 Å². The Morgan fingerprint density at radius 3 is 2.75 bits per heavy atom. The van der Waals surface area contributed by atoms with Crippen molar-refractivity contribution in [3.05, 3.63) is 23.8 Å². The van der Waals surface area contributed by atoms with Gasteiger partial charge in [-0.1, -0.05) is 20.8 Å². The SMILES string of the molecule is COc1ccc(OC[C@H](O)CN2CCNC(=O)C2)c(C(C)(C)C)c1. The number of rotatable bonds is 6. The van der Waals surface area contributed by atoms with Crippen molar-refractivity contribution < 1.29 is 19.4 Å². The fourth-order valence-electron chi connectivity index (χ4n) is 2.73. The first-order chi connectivity index (χ1) is 11.3. The van der Waals surface area contributed by atoms with Crippen molar-refractivity contribution >= 4 is 5.91 Å². The summed E-state index contributed by atoms with van der Waals surface area (Å²) in [4.78, 5) is 13.3. The number of nitrogens with one attached hydrogen (secondary N) is 1. The van der Waals surface area contributed by atoms with Crippen LogP contribution < -0.4 is 14.8 Å². The van der Waals surface area contributed by atoms with Crippen LogP contribution in [0.2, 0.25) is 0 Å². The number of aliphatic hydroxyl groups is 1. The van der Waals surface area contributed by atoms with Gasteiger partial charge in [-0.05, 0) is 23.6 Å². The molecule has 2 rings (SSSR count). The Morgan fingerprint density at radius 2 is 2.12 bits per heavy atom. The van der Waals surface area contributed by atoms with E-state index >= 15 is 0 Å². The van der Waals surface area contributed by atoms with Gasteiger partial charge in [0.15, 0.2) is 0 Å². The van der Waals surface area contributed by atoms with Crippen molar-refractivity contribution in [2.24, 2.45) is 0 Å². The van der Waals surface area contributed by atoms with E-state index in [1.807, 2.05) is 23.1 Å². The van der Waals surface area contributed by atoms with Crippen LogP contribution in [0.25, 0.3) is 0 Å². The van der Waals surface area contributed by atoms with Gasteiger partial charge >= 0.3 is 0 Å². The lowest BCUT2D eigenvalue weighted by Crippen LogP contribution is -2.50. The highest BCUT2D eigenvalue weighted by Crippen LogP contribution is 2.34. The summed E-state index contributed by atoms with van der Waals surface area (Å²) in [5.74, 6) is 1.53. The molecule has 1 fully saturated rings. The van der Waals surface area contributed by atoms with Gasteiger partial charge in [0.05, 0.1) is 13.7 Å². The summed E-state index contributed by atoms with van der Waals surface area (Å²) in [5.41, 5.74) is 0.936. The van der Waals surface area contributed by atoms with Crippen LogP contribution in [0, 0.1) is 0 Å². The molecule has 0 bridgehead atoms. The molecule has 0 aromatic heterocycles. The second-order valence-corrected chi connectivity index (χ2v) is 7.16. The molecule has 1 aromatic carbocycles. The van der Waals surface area contributed by atoms with Crippen molar-refractivity contribution in [1.29, 1.82) is 0 Å². The first-order valence-corrected chi connectivity index (χ1v) is 8.28. The Bertz CT molecular complexity index is 569. The Labute approximate surface area is 143 Å². The maximum absolute atomic E-state index is 11.4. The number of hydrogen-bond donors (Lipinski definition) is 2. The highest BCUT2D eigenvalue weighted by atomic mass is 16.5. The normalized spacial score (nSPS) is 17.3. The van der Waals surface area contributed by atoms with E-state index in [-0.39, 0.29) is 17.9 Å². The summed E-state index contributed by atoms with van der Waals surface area (Å²) in [6.07, 6.45) is -0.647. The number of piperazine rings is 1. The lowest BCUT2D eigenvalue weighted by Gasteiger charge is -2.29. The minimum Gasteiger partial charge on any atom is -0.497 e. The topological polar surface area (TPSA) is 71.0 Å². The largest absolute Gasteiger partial charge is 0.497 e. The van der Waals surface area contributed by atoms with Gasteiger partial charge in [-0.15, -0.1) is 0 Å². The first-order valence-electron chi connectivity index (χ1n) is 8.28. The Balaban J connectivity index is 1.96. The van der Waals surface area contributed by atoms with Gasteiger partial charge in [-0.2, -0.15) is 0 Å². The van der Waals surface area contributed by atoms with E-state index < -0.39 is 6.10 Å². The zero-order valence-electron chi connectivity index (χ0n) is 15.0. The van der Waals surface area contributed by atoms with Gasteiger partial charge in [-0.3, -0.25) is 9.69 Å². The van der Waals surface area contributed by atoms with Crippen LogP contribution in [0.1, 0.15) is 26.3 Å². The highest BCUT2D eigenvalue weighted by molar-refractivity contribution is 5.78. The summed E-state index contributed by atoms with van der Waals surface area (Å²) >= 11 is 0. The van der Waals surface area contributed by atoms with E-state index in [0.29, 0.717) is 19.6 Å². The average Bonchev–Trinajstić information content (AvgIpc) is 2.52. The molecule has 6 heteroatoms. The number of methoxy groups -OCH3 is 1. The molecule has 1 aliphatic rings. The smallest absolute Gasteiger partial charge is 0.234 e. The van der Waals surface area contributed by atoms with Gasteiger partial charge in [0, 0.05) is 25.2 Å². The zero-order valence-corrected chi connectivity index (χ0v) is 15.0. The number of carbonyl (C=O) groups excluding carboxylic acids is 1. The van der Waals surface area contributed by atoms with E-state index in [1.54, 1.807) is 7.11 Å². The summed E-state index contributed by atoms with van der Waals surface area (Å²) in [6.45, 7) is 8.64. The van der Waals surface area contributed by atoms with Gasteiger partial charge in [0.2, 0.25) is 5.91 Å². The molecule has 1 saturated heterocycles. The summed E-state index contributed by atoms with van der Waals surface area (Å²) in [7, 11) is 1.64. The third-order valence-corrected chi connectivity index (χ3v) is 4.01. The molecule has 2 N–H and O–H groups in total. The Kier molecular flexibility index (Phi) is 6.07. The van der Waals surface area contributed by atoms with Crippen LogP contribution >= 0.6 is 0 Å². The molecule has 1 heterocycles. The van der Waals surface area contributed by atoms with Crippen molar-refractivity contribution in [1.82, 2.24) is 10.2 Å². The fourth-order valence-corrected chi connectivity index (χ4v) is 2.73. The van der Waals surface area contributed by atoms with E-state index in [0.717, 1.165) is 23.6 Å². The summed E-state index contributed by atoms with van der Waals surface area (Å²) in [5, 5.41) is 13.0. The molecule has 0 saturated carbocycles. The number of carbonyl (C=O) groups is 1.